The van der Waals surface area contributed by atoms with E-state index in [1.165, 1.54) is 31.8 Å². The average Bonchev–Trinajstić information content (AvgIpc) is 2.42. The fourth-order valence-corrected chi connectivity index (χ4v) is 2.12. The van der Waals surface area contributed by atoms with Crippen molar-refractivity contribution < 1.29 is 9.59 Å². The predicted octanol–water partition coefficient (Wildman–Crippen LogP) is 3.95. The van der Waals surface area contributed by atoms with E-state index in [0.717, 1.165) is 38.5 Å². The number of isocyanates is 2. The van der Waals surface area contributed by atoms with Gasteiger partial charge >= 0.3 is 0 Å². The Kier molecular flexibility index (Phi) is 13.9. The summed E-state index contributed by atoms with van der Waals surface area (Å²) in [4.78, 5) is 27.6. The van der Waals surface area contributed by atoms with Gasteiger partial charge in [0.25, 0.3) is 0 Å². The lowest BCUT2D eigenvalue weighted by molar-refractivity contribution is 0.486. The molecule has 4 heteroatoms. The van der Waals surface area contributed by atoms with Crippen LogP contribution < -0.4 is 0 Å². The van der Waals surface area contributed by atoms with Gasteiger partial charge in [-0.15, -0.1) is 0 Å². The van der Waals surface area contributed by atoms with Crippen molar-refractivity contribution in [2.24, 2.45) is 9.98 Å². The molecule has 0 heterocycles. The first-order valence-electron chi connectivity index (χ1n) is 7.45. The third kappa shape index (κ3) is 13.0. The van der Waals surface area contributed by atoms with Crippen LogP contribution >= 0.6 is 0 Å². The van der Waals surface area contributed by atoms with Crippen molar-refractivity contribution in [3.8, 4) is 0 Å². The molecule has 0 aromatic heterocycles. The van der Waals surface area contributed by atoms with Crippen LogP contribution in [0.5, 0.6) is 0 Å². The minimum atomic E-state index is 0.133. The molecule has 0 rings (SSSR count). The lowest BCUT2D eigenvalue weighted by Crippen LogP contribution is -2.04. The van der Waals surface area contributed by atoms with Crippen LogP contribution in [-0.4, -0.2) is 24.7 Å². The van der Waals surface area contributed by atoms with Crippen molar-refractivity contribution in [1.29, 1.82) is 0 Å². The molecule has 0 bridgehead atoms. The highest BCUT2D eigenvalue weighted by Crippen LogP contribution is 2.14. The molecular weight excluding hydrogens is 240 g/mol. The maximum absolute atomic E-state index is 10.4. The average molecular weight is 266 g/mol. The second-order valence-corrected chi connectivity index (χ2v) is 4.90. The first-order valence-corrected chi connectivity index (χ1v) is 7.45. The Morgan fingerprint density at radius 1 is 0.842 bits per heavy atom. The quantitative estimate of drug-likeness (QED) is 0.288. The van der Waals surface area contributed by atoms with Gasteiger partial charge in [0.15, 0.2) is 0 Å². The Bertz CT molecular complexity index is 293. The summed E-state index contributed by atoms with van der Waals surface area (Å²) in [6.07, 6.45) is 14.3. The minimum absolute atomic E-state index is 0.133. The van der Waals surface area contributed by atoms with Crippen LogP contribution in [0.15, 0.2) is 9.98 Å². The van der Waals surface area contributed by atoms with E-state index in [2.05, 4.69) is 16.9 Å². The highest BCUT2D eigenvalue weighted by molar-refractivity contribution is 5.33. The van der Waals surface area contributed by atoms with Crippen LogP contribution in [0.2, 0.25) is 0 Å². The first kappa shape index (κ1) is 17.8. The van der Waals surface area contributed by atoms with Gasteiger partial charge in [0.05, 0.1) is 12.6 Å². The molecule has 0 aromatic carbocycles. The normalized spacial score (nSPS) is 11.4. The Labute approximate surface area is 116 Å². The highest BCUT2D eigenvalue weighted by atomic mass is 16.1. The van der Waals surface area contributed by atoms with E-state index in [-0.39, 0.29) is 6.04 Å². The van der Waals surface area contributed by atoms with Gasteiger partial charge < -0.3 is 0 Å². The Hall–Kier alpha value is -1.24. The van der Waals surface area contributed by atoms with Gasteiger partial charge in [-0.3, -0.25) is 0 Å². The number of carbonyl (C=O) groups excluding carboxylic acids is 2. The van der Waals surface area contributed by atoms with E-state index in [0.29, 0.717) is 6.54 Å². The zero-order valence-electron chi connectivity index (χ0n) is 12.1. The molecule has 4 nitrogen and oxygen atoms in total. The molecule has 0 N–H and O–H groups in total. The number of unbranched alkanes of at least 4 members (excludes halogenated alkanes) is 6. The summed E-state index contributed by atoms with van der Waals surface area (Å²) in [6, 6.07) is 0.133. The van der Waals surface area contributed by atoms with Crippen LogP contribution in [0.4, 0.5) is 0 Å². The van der Waals surface area contributed by atoms with E-state index in [4.69, 9.17) is 0 Å². The summed E-state index contributed by atoms with van der Waals surface area (Å²) >= 11 is 0. The van der Waals surface area contributed by atoms with Gasteiger partial charge in [0.2, 0.25) is 12.2 Å². The highest BCUT2D eigenvalue weighted by Gasteiger charge is 2.06. The first-order chi connectivity index (χ1) is 9.35. The van der Waals surface area contributed by atoms with Crippen LogP contribution in [0, 0.1) is 0 Å². The molecule has 0 radical (unpaired) electrons. The Morgan fingerprint density at radius 2 is 1.47 bits per heavy atom. The summed E-state index contributed by atoms with van der Waals surface area (Å²) in [7, 11) is 0. The number of nitrogens with zero attached hydrogens (tertiary/aromatic N) is 2. The van der Waals surface area contributed by atoms with Crippen molar-refractivity contribution >= 4 is 12.2 Å². The molecule has 0 spiro atoms. The molecule has 0 saturated heterocycles. The Balaban J connectivity index is 3.61. The van der Waals surface area contributed by atoms with Crippen molar-refractivity contribution in [3.05, 3.63) is 0 Å². The third-order valence-electron chi connectivity index (χ3n) is 3.25. The van der Waals surface area contributed by atoms with Gasteiger partial charge in [0.1, 0.15) is 0 Å². The zero-order valence-corrected chi connectivity index (χ0v) is 12.1. The summed E-state index contributed by atoms with van der Waals surface area (Å²) in [6.45, 7) is 2.76. The molecule has 0 amide bonds. The summed E-state index contributed by atoms with van der Waals surface area (Å²) in [5, 5.41) is 0. The topological polar surface area (TPSA) is 58.9 Å². The molecule has 1 atom stereocenters. The number of aliphatic imine (C=N–C) groups is 2. The molecule has 19 heavy (non-hydrogen) atoms. The standard InChI is InChI=1S/C15H26N2O2/c1-2-3-4-5-7-10-15(17-14-19)11-8-6-9-12-16-13-18/h15H,2-12H2,1H3. The van der Waals surface area contributed by atoms with Gasteiger partial charge in [-0.1, -0.05) is 51.9 Å². The number of hydrogen-bond acceptors (Lipinski definition) is 4. The summed E-state index contributed by atoms with van der Waals surface area (Å²) in [5.41, 5.74) is 0. The van der Waals surface area contributed by atoms with Crippen molar-refractivity contribution in [3.63, 3.8) is 0 Å². The largest absolute Gasteiger partial charge is 0.235 e. The monoisotopic (exact) mass is 266 g/mol. The van der Waals surface area contributed by atoms with Gasteiger partial charge in [-0.2, -0.15) is 0 Å². The maximum Gasteiger partial charge on any atom is 0.235 e. The molecule has 0 saturated carbocycles. The van der Waals surface area contributed by atoms with Gasteiger partial charge in [-0.05, 0) is 19.3 Å². The molecule has 108 valence electrons. The molecular formula is C15H26N2O2. The van der Waals surface area contributed by atoms with Crippen LogP contribution in [0.1, 0.15) is 71.1 Å². The van der Waals surface area contributed by atoms with Gasteiger partial charge in [0, 0.05) is 0 Å². The van der Waals surface area contributed by atoms with Crippen molar-refractivity contribution in [1.82, 2.24) is 0 Å². The second kappa shape index (κ2) is 14.8. The lowest BCUT2D eigenvalue weighted by Gasteiger charge is -2.10. The molecule has 1 unspecified atom stereocenters. The molecule has 0 aromatic rings. The SMILES string of the molecule is CCCCCCCC(CCCCCN=C=O)N=C=O. The number of rotatable bonds is 13. The fraction of sp³-hybridized carbons (Fsp3) is 0.867. The predicted molar refractivity (Wildman–Crippen MR) is 76.7 cm³/mol. The van der Waals surface area contributed by atoms with E-state index in [1.54, 1.807) is 6.08 Å². The van der Waals surface area contributed by atoms with Crippen LogP contribution in [0.25, 0.3) is 0 Å². The van der Waals surface area contributed by atoms with E-state index in [9.17, 15) is 9.59 Å². The smallest absolute Gasteiger partial charge is 0.211 e. The molecule has 0 aliphatic rings. The van der Waals surface area contributed by atoms with Gasteiger partial charge in [-0.25, -0.2) is 19.6 Å². The minimum Gasteiger partial charge on any atom is -0.211 e. The summed E-state index contributed by atoms with van der Waals surface area (Å²) < 4.78 is 0. The van der Waals surface area contributed by atoms with E-state index >= 15 is 0 Å². The Morgan fingerprint density at radius 3 is 2.05 bits per heavy atom. The molecule has 0 aliphatic heterocycles. The van der Waals surface area contributed by atoms with E-state index in [1.807, 2.05) is 0 Å². The van der Waals surface area contributed by atoms with Crippen molar-refractivity contribution in [2.45, 2.75) is 77.2 Å². The second-order valence-electron chi connectivity index (χ2n) is 4.90. The fourth-order valence-electron chi connectivity index (χ4n) is 2.12. The zero-order chi connectivity index (χ0) is 14.2. The molecule has 0 fully saturated rings. The maximum atomic E-state index is 10.4. The lowest BCUT2D eigenvalue weighted by atomic mass is 10.0. The summed E-state index contributed by atoms with van der Waals surface area (Å²) in [5.74, 6) is 0. The van der Waals surface area contributed by atoms with Crippen LogP contribution in [-0.2, 0) is 9.59 Å². The molecule has 0 aliphatic carbocycles. The third-order valence-corrected chi connectivity index (χ3v) is 3.25. The van der Waals surface area contributed by atoms with E-state index < -0.39 is 0 Å². The number of hydrogen-bond donors (Lipinski definition) is 0. The van der Waals surface area contributed by atoms with Crippen molar-refractivity contribution in [2.75, 3.05) is 6.54 Å². The van der Waals surface area contributed by atoms with Crippen LogP contribution in [0.3, 0.4) is 0 Å².